The van der Waals surface area contributed by atoms with E-state index in [1.807, 2.05) is 0 Å². The highest BCUT2D eigenvalue weighted by atomic mass is 32.2. The summed E-state index contributed by atoms with van der Waals surface area (Å²) >= 11 is 0. The largest absolute Gasteiger partial charge is 0.248 e. The van der Waals surface area contributed by atoms with E-state index >= 15 is 0 Å². The van der Waals surface area contributed by atoms with E-state index in [0.29, 0.717) is 0 Å². The maximum atomic E-state index is 11.9. The Hall–Kier alpha value is -0.160. The van der Waals surface area contributed by atoms with Crippen molar-refractivity contribution >= 4 is 10.0 Å². The molecule has 0 rings (SSSR count). The first-order valence-corrected chi connectivity index (χ1v) is 4.28. The first kappa shape index (κ1) is 8.84. The van der Waals surface area contributed by atoms with Gasteiger partial charge in [-0.1, -0.05) is 0 Å². The molecule has 0 aromatic heterocycles. The molecule has 0 amide bonds. The van der Waals surface area contributed by atoms with Crippen LogP contribution in [0.2, 0.25) is 0 Å². The summed E-state index contributed by atoms with van der Waals surface area (Å²) in [5.74, 6) is -0.273. The summed E-state index contributed by atoms with van der Waals surface area (Å²) in [7, 11) is -3.46. The lowest BCUT2D eigenvalue weighted by Crippen LogP contribution is -2.18. The molecule has 0 radical (unpaired) electrons. The maximum Gasteiger partial charge on any atom is 0.209 e. The van der Waals surface area contributed by atoms with Crippen LogP contribution in [0.4, 0.5) is 4.39 Å². The molecular weight excluding hydrogens is 145 g/mol. The van der Waals surface area contributed by atoms with Crippen molar-refractivity contribution < 1.29 is 12.8 Å². The smallest absolute Gasteiger partial charge is 0.209 e. The Morgan fingerprint density at radius 2 is 2.11 bits per heavy atom. The van der Waals surface area contributed by atoms with Crippen molar-refractivity contribution in [1.29, 1.82) is 0 Å². The molecule has 0 bridgehead atoms. The number of sulfonamides is 1. The number of nitrogens with two attached hydrogens (primary N) is 1. The van der Waals surface area contributed by atoms with E-state index in [0.717, 1.165) is 0 Å². The van der Waals surface area contributed by atoms with E-state index in [4.69, 9.17) is 0 Å². The fourth-order valence-electron chi connectivity index (χ4n) is 0.327. The van der Waals surface area contributed by atoms with Gasteiger partial charge in [-0.3, -0.25) is 0 Å². The standard InChI is InChI=1S/C4H10FNO2S/c1-4(5)2-3-9(6,7)8/h4H,2-3H2,1H3,(H2,6,7,8)/t4-/m1/s1. The zero-order chi connectivity index (χ0) is 7.49. The van der Waals surface area contributed by atoms with Gasteiger partial charge < -0.3 is 0 Å². The molecule has 3 nitrogen and oxygen atoms in total. The highest BCUT2D eigenvalue weighted by Gasteiger charge is 2.05. The van der Waals surface area contributed by atoms with E-state index in [1.54, 1.807) is 0 Å². The molecule has 0 spiro atoms. The molecule has 0 fully saturated rings. The van der Waals surface area contributed by atoms with Gasteiger partial charge >= 0.3 is 0 Å². The molecule has 5 heteroatoms. The minimum absolute atomic E-state index is 0.0150. The molecule has 9 heavy (non-hydrogen) atoms. The van der Waals surface area contributed by atoms with Crippen LogP contribution in [0.3, 0.4) is 0 Å². The third kappa shape index (κ3) is 7.84. The number of alkyl halides is 1. The van der Waals surface area contributed by atoms with Gasteiger partial charge in [0.15, 0.2) is 0 Å². The molecule has 0 aromatic carbocycles. The zero-order valence-corrected chi connectivity index (χ0v) is 5.99. The summed E-state index contributed by atoms with van der Waals surface area (Å²) in [4.78, 5) is 0. The second-order valence-electron chi connectivity index (χ2n) is 1.94. The normalized spacial score (nSPS) is 15.4. The number of primary sulfonamides is 1. The van der Waals surface area contributed by atoms with E-state index in [9.17, 15) is 12.8 Å². The summed E-state index contributed by atoms with van der Waals surface area (Å²) in [6.07, 6.45) is -1.11. The van der Waals surface area contributed by atoms with Crippen molar-refractivity contribution in [3.05, 3.63) is 0 Å². The van der Waals surface area contributed by atoms with Gasteiger partial charge in [0.25, 0.3) is 0 Å². The van der Waals surface area contributed by atoms with Crippen LogP contribution in [0, 0.1) is 0 Å². The Balaban J connectivity index is 3.53. The van der Waals surface area contributed by atoms with Crippen LogP contribution in [-0.4, -0.2) is 20.3 Å². The Labute approximate surface area is 54.1 Å². The molecular formula is C4H10FNO2S. The second-order valence-corrected chi connectivity index (χ2v) is 3.67. The Morgan fingerprint density at radius 3 is 2.22 bits per heavy atom. The highest BCUT2D eigenvalue weighted by Crippen LogP contribution is 1.96. The number of hydrogen-bond donors (Lipinski definition) is 1. The summed E-state index contributed by atoms with van der Waals surface area (Å²) in [5.41, 5.74) is 0. The molecule has 0 unspecified atom stereocenters. The molecule has 2 N–H and O–H groups in total. The van der Waals surface area contributed by atoms with Gasteiger partial charge in [-0.25, -0.2) is 17.9 Å². The van der Waals surface area contributed by atoms with Crippen molar-refractivity contribution in [1.82, 2.24) is 0 Å². The van der Waals surface area contributed by atoms with Crippen molar-refractivity contribution in [3.63, 3.8) is 0 Å². The summed E-state index contributed by atoms with van der Waals surface area (Å²) < 4.78 is 32.2. The van der Waals surface area contributed by atoms with Crippen molar-refractivity contribution in [3.8, 4) is 0 Å². The van der Waals surface area contributed by atoms with Crippen LogP contribution >= 0.6 is 0 Å². The Bertz CT molecular complexity index is 163. The average Bonchev–Trinajstić information content (AvgIpc) is 1.59. The monoisotopic (exact) mass is 155 g/mol. The third-order valence-corrected chi connectivity index (χ3v) is 1.60. The second kappa shape index (κ2) is 3.12. The van der Waals surface area contributed by atoms with Crippen LogP contribution in [0.1, 0.15) is 13.3 Å². The van der Waals surface area contributed by atoms with Gasteiger partial charge in [-0.15, -0.1) is 0 Å². The van der Waals surface area contributed by atoms with Gasteiger partial charge in [0, 0.05) is 0 Å². The SMILES string of the molecule is C[C@@H](F)CCS(N)(=O)=O. The topological polar surface area (TPSA) is 60.2 Å². The molecule has 0 saturated carbocycles. The van der Waals surface area contributed by atoms with Gasteiger partial charge in [0.2, 0.25) is 10.0 Å². The van der Waals surface area contributed by atoms with Gasteiger partial charge in [-0.2, -0.15) is 0 Å². The molecule has 0 aliphatic carbocycles. The fourth-order valence-corrected chi connectivity index (χ4v) is 0.980. The van der Waals surface area contributed by atoms with Crippen LogP contribution in [0.25, 0.3) is 0 Å². The number of rotatable bonds is 3. The predicted octanol–water partition coefficient (Wildman–Crippen LogP) is 0.0230. The molecule has 0 heterocycles. The predicted molar refractivity (Wildman–Crippen MR) is 33.2 cm³/mol. The Kier molecular flexibility index (Phi) is 3.07. The number of halogens is 1. The minimum atomic E-state index is -3.46. The van der Waals surface area contributed by atoms with Gasteiger partial charge in [-0.05, 0) is 13.3 Å². The minimum Gasteiger partial charge on any atom is -0.248 e. The van der Waals surface area contributed by atoms with Crippen LogP contribution < -0.4 is 5.14 Å². The molecule has 56 valence electrons. The lowest BCUT2D eigenvalue weighted by Gasteiger charge is -1.97. The molecule has 0 aliphatic heterocycles. The van der Waals surface area contributed by atoms with Gasteiger partial charge in [0.05, 0.1) is 11.9 Å². The molecule has 0 aromatic rings. The van der Waals surface area contributed by atoms with E-state index < -0.39 is 16.2 Å². The summed E-state index contributed by atoms with van der Waals surface area (Å²) in [5, 5.41) is 4.59. The maximum absolute atomic E-state index is 11.9. The molecule has 1 atom stereocenters. The van der Waals surface area contributed by atoms with Gasteiger partial charge in [0.1, 0.15) is 0 Å². The van der Waals surface area contributed by atoms with Crippen molar-refractivity contribution in [2.45, 2.75) is 19.5 Å². The summed E-state index contributed by atoms with van der Waals surface area (Å²) in [6.45, 7) is 1.30. The Morgan fingerprint density at radius 1 is 1.67 bits per heavy atom. The van der Waals surface area contributed by atoms with E-state index in [1.165, 1.54) is 6.92 Å². The number of hydrogen-bond acceptors (Lipinski definition) is 2. The third-order valence-electron chi connectivity index (χ3n) is 0.800. The molecule has 0 aliphatic rings. The lowest BCUT2D eigenvalue weighted by atomic mass is 10.3. The fraction of sp³-hybridized carbons (Fsp3) is 1.00. The van der Waals surface area contributed by atoms with Crippen LogP contribution in [0.15, 0.2) is 0 Å². The first-order chi connectivity index (χ1) is 3.92. The zero-order valence-electron chi connectivity index (χ0n) is 5.17. The van der Waals surface area contributed by atoms with Crippen LogP contribution in [-0.2, 0) is 10.0 Å². The summed E-state index contributed by atoms with van der Waals surface area (Å²) in [6, 6.07) is 0. The van der Waals surface area contributed by atoms with Crippen molar-refractivity contribution in [2.24, 2.45) is 5.14 Å². The first-order valence-electron chi connectivity index (χ1n) is 2.56. The lowest BCUT2D eigenvalue weighted by molar-refractivity contribution is 0.352. The molecule has 0 saturated heterocycles. The average molecular weight is 155 g/mol. The van der Waals surface area contributed by atoms with Crippen LogP contribution in [0.5, 0.6) is 0 Å². The highest BCUT2D eigenvalue weighted by molar-refractivity contribution is 7.89. The van der Waals surface area contributed by atoms with E-state index in [-0.39, 0.29) is 12.2 Å². The van der Waals surface area contributed by atoms with Crippen molar-refractivity contribution in [2.75, 3.05) is 5.75 Å². The quantitative estimate of drug-likeness (QED) is 0.624. The van der Waals surface area contributed by atoms with E-state index in [2.05, 4.69) is 5.14 Å².